The Labute approximate surface area is 158 Å². The van der Waals surface area contributed by atoms with Crippen LogP contribution in [0.2, 0.25) is 0 Å². The van der Waals surface area contributed by atoms with Crippen LogP contribution >= 0.6 is 0 Å². The zero-order valence-corrected chi connectivity index (χ0v) is 15.3. The number of rotatable bonds is 8. The third kappa shape index (κ3) is 8.07. The van der Waals surface area contributed by atoms with Crippen LogP contribution in [-0.4, -0.2) is 55.0 Å². The maximum absolute atomic E-state index is 12.1. The number of hydrogen-bond acceptors (Lipinski definition) is 4. The van der Waals surface area contributed by atoms with Gasteiger partial charge in [-0.3, -0.25) is 4.90 Å². The fourth-order valence-electron chi connectivity index (χ4n) is 2.87. The molecule has 1 saturated heterocycles. The van der Waals surface area contributed by atoms with Gasteiger partial charge in [0.25, 0.3) is 0 Å². The molecule has 27 heavy (non-hydrogen) atoms. The third-order valence-corrected chi connectivity index (χ3v) is 4.37. The van der Waals surface area contributed by atoms with Gasteiger partial charge in [-0.15, -0.1) is 13.2 Å². The monoisotopic (exact) mass is 387 g/mol. The molecule has 151 valence electrons. The maximum atomic E-state index is 12.1. The molecule has 0 saturated carbocycles. The molecule has 1 radical (unpaired) electrons. The highest BCUT2D eigenvalue weighted by molar-refractivity contribution is 5.67. The quantitative estimate of drug-likeness (QED) is 0.626. The third-order valence-electron chi connectivity index (χ3n) is 4.37. The number of amides is 1. The average Bonchev–Trinajstić information content (AvgIpc) is 2.64. The summed E-state index contributed by atoms with van der Waals surface area (Å²) in [6.07, 6.45) is -0.675. The van der Waals surface area contributed by atoms with Crippen LogP contribution in [0.25, 0.3) is 0 Å². The summed E-state index contributed by atoms with van der Waals surface area (Å²) < 4.78 is 45.4. The van der Waals surface area contributed by atoms with Gasteiger partial charge in [0.2, 0.25) is 0 Å². The van der Waals surface area contributed by atoms with E-state index in [-0.39, 0.29) is 12.4 Å². The lowest BCUT2D eigenvalue weighted by molar-refractivity contribution is -0.274. The van der Waals surface area contributed by atoms with Crippen molar-refractivity contribution in [1.82, 2.24) is 9.80 Å². The van der Waals surface area contributed by atoms with E-state index in [1.54, 1.807) is 4.90 Å². The summed E-state index contributed by atoms with van der Waals surface area (Å²) >= 11 is 0. The van der Waals surface area contributed by atoms with E-state index < -0.39 is 12.5 Å². The standard InChI is InChI=1S/C19H26F3N2O3/c1-2-3-4-5-10-23-11-13-24(14-12-23)18(25)26-15-16-6-8-17(9-7-16)27-19(20,21)22/h6-9H,1-5,10-15H2. The van der Waals surface area contributed by atoms with Gasteiger partial charge in [-0.05, 0) is 30.7 Å². The van der Waals surface area contributed by atoms with Crippen molar-refractivity contribution in [2.45, 2.75) is 38.7 Å². The number of nitrogens with zero attached hydrogens (tertiary/aromatic N) is 2. The smallest absolute Gasteiger partial charge is 0.445 e. The van der Waals surface area contributed by atoms with E-state index in [1.807, 2.05) is 0 Å². The predicted octanol–water partition coefficient (Wildman–Crippen LogP) is 4.23. The van der Waals surface area contributed by atoms with E-state index in [9.17, 15) is 18.0 Å². The Bertz CT molecular complexity index is 571. The Hall–Kier alpha value is -1.96. The van der Waals surface area contributed by atoms with E-state index in [1.165, 1.54) is 30.7 Å². The molecule has 0 unspecified atom stereocenters. The first-order valence-corrected chi connectivity index (χ1v) is 9.15. The minimum atomic E-state index is -4.72. The van der Waals surface area contributed by atoms with Gasteiger partial charge in [0.15, 0.2) is 0 Å². The van der Waals surface area contributed by atoms with E-state index in [4.69, 9.17) is 4.74 Å². The van der Waals surface area contributed by atoms with Gasteiger partial charge in [-0.25, -0.2) is 4.79 Å². The van der Waals surface area contributed by atoms with Crippen molar-refractivity contribution in [2.24, 2.45) is 0 Å². The lowest BCUT2D eigenvalue weighted by Crippen LogP contribution is -2.48. The van der Waals surface area contributed by atoms with Crippen LogP contribution in [0, 0.1) is 6.92 Å². The van der Waals surface area contributed by atoms with Gasteiger partial charge in [-0.2, -0.15) is 0 Å². The summed E-state index contributed by atoms with van der Waals surface area (Å²) in [4.78, 5) is 16.1. The number of benzene rings is 1. The second-order valence-electron chi connectivity index (χ2n) is 6.49. The number of carbonyl (C=O) groups excluding carboxylic acids is 1. The summed E-state index contributed by atoms with van der Waals surface area (Å²) in [6.45, 7) is 7.76. The molecule has 1 aliphatic heterocycles. The van der Waals surface area contributed by atoms with Crippen molar-refractivity contribution in [3.05, 3.63) is 36.8 Å². The average molecular weight is 387 g/mol. The van der Waals surface area contributed by atoms with Crippen LogP contribution < -0.4 is 4.74 Å². The number of piperazine rings is 1. The number of hydrogen-bond donors (Lipinski definition) is 0. The molecule has 1 heterocycles. The topological polar surface area (TPSA) is 42.0 Å². The lowest BCUT2D eigenvalue weighted by Gasteiger charge is -2.34. The van der Waals surface area contributed by atoms with Gasteiger partial charge >= 0.3 is 12.5 Å². The van der Waals surface area contributed by atoms with Gasteiger partial charge in [-0.1, -0.05) is 38.3 Å². The Morgan fingerprint density at radius 1 is 1.04 bits per heavy atom. The molecule has 5 nitrogen and oxygen atoms in total. The molecule has 8 heteroatoms. The normalized spacial score (nSPS) is 15.6. The summed E-state index contributed by atoms with van der Waals surface area (Å²) in [5, 5.41) is 0. The van der Waals surface area contributed by atoms with Crippen LogP contribution in [0.5, 0.6) is 5.75 Å². The van der Waals surface area contributed by atoms with Crippen molar-refractivity contribution in [3.63, 3.8) is 0 Å². The van der Waals surface area contributed by atoms with E-state index in [0.29, 0.717) is 18.7 Å². The van der Waals surface area contributed by atoms with Gasteiger partial charge < -0.3 is 14.4 Å². The molecule has 2 rings (SSSR count). The SMILES string of the molecule is [CH2]CCCCCN1CCN(C(=O)OCc2ccc(OC(F)(F)F)cc2)CC1. The highest BCUT2D eigenvalue weighted by atomic mass is 19.4. The number of alkyl halides is 3. The molecule has 1 fully saturated rings. The van der Waals surface area contributed by atoms with Gasteiger partial charge in [0.05, 0.1) is 0 Å². The fourth-order valence-corrected chi connectivity index (χ4v) is 2.87. The largest absolute Gasteiger partial charge is 0.573 e. The van der Waals surface area contributed by atoms with Crippen molar-refractivity contribution in [2.75, 3.05) is 32.7 Å². The second kappa shape index (κ2) is 10.4. The molecule has 0 N–H and O–H groups in total. The van der Waals surface area contributed by atoms with Crippen molar-refractivity contribution < 1.29 is 27.4 Å². The second-order valence-corrected chi connectivity index (χ2v) is 6.49. The summed E-state index contributed by atoms with van der Waals surface area (Å²) in [5.41, 5.74) is 0.599. The lowest BCUT2D eigenvalue weighted by atomic mass is 10.2. The Morgan fingerprint density at radius 2 is 1.70 bits per heavy atom. The summed E-state index contributed by atoms with van der Waals surface area (Å²) in [6, 6.07) is 5.28. The predicted molar refractivity (Wildman–Crippen MR) is 95.1 cm³/mol. The van der Waals surface area contributed by atoms with Crippen LogP contribution in [-0.2, 0) is 11.3 Å². The number of carbonyl (C=O) groups is 1. The van der Waals surface area contributed by atoms with Crippen LogP contribution in [0.3, 0.4) is 0 Å². The number of ether oxygens (including phenoxy) is 2. The first-order valence-electron chi connectivity index (χ1n) is 9.15. The van der Waals surface area contributed by atoms with Crippen molar-refractivity contribution in [1.29, 1.82) is 0 Å². The molecule has 1 aliphatic rings. The van der Waals surface area contributed by atoms with Gasteiger partial charge in [0, 0.05) is 26.2 Å². The Morgan fingerprint density at radius 3 is 2.30 bits per heavy atom. The van der Waals surface area contributed by atoms with Gasteiger partial charge in [0.1, 0.15) is 12.4 Å². The highest BCUT2D eigenvalue weighted by Gasteiger charge is 2.31. The number of halogens is 3. The fraction of sp³-hybridized carbons (Fsp3) is 0.579. The zero-order chi connectivity index (χ0) is 19.7. The van der Waals surface area contributed by atoms with Crippen LogP contribution in [0.15, 0.2) is 24.3 Å². The summed E-state index contributed by atoms with van der Waals surface area (Å²) in [7, 11) is 0. The van der Waals surface area contributed by atoms with Crippen LogP contribution in [0.1, 0.15) is 31.2 Å². The minimum Gasteiger partial charge on any atom is -0.445 e. The maximum Gasteiger partial charge on any atom is 0.573 e. The molecule has 1 amide bonds. The molecular formula is C19H26F3N2O3. The molecule has 0 atom stereocenters. The molecular weight excluding hydrogens is 361 g/mol. The minimum absolute atomic E-state index is 0.0103. The molecule has 1 aromatic carbocycles. The van der Waals surface area contributed by atoms with E-state index >= 15 is 0 Å². The van der Waals surface area contributed by atoms with Crippen LogP contribution in [0.4, 0.5) is 18.0 Å². The van der Waals surface area contributed by atoms with Crippen molar-refractivity contribution in [3.8, 4) is 5.75 Å². The molecule has 0 spiro atoms. The molecule has 0 aliphatic carbocycles. The first kappa shape index (κ1) is 21.3. The van der Waals surface area contributed by atoms with E-state index in [0.717, 1.165) is 38.9 Å². The Kier molecular flexibility index (Phi) is 8.22. The number of unbranched alkanes of at least 4 members (excludes halogenated alkanes) is 3. The molecule has 0 bridgehead atoms. The summed E-state index contributed by atoms with van der Waals surface area (Å²) in [5.74, 6) is -0.302. The highest BCUT2D eigenvalue weighted by Crippen LogP contribution is 2.23. The Balaban J connectivity index is 1.67. The zero-order valence-electron chi connectivity index (χ0n) is 15.3. The molecule has 0 aromatic heterocycles. The first-order chi connectivity index (χ1) is 12.9. The van der Waals surface area contributed by atoms with Crippen molar-refractivity contribution >= 4 is 6.09 Å². The molecule has 1 aromatic rings. The van der Waals surface area contributed by atoms with E-state index in [2.05, 4.69) is 16.6 Å².